The normalized spacial score (nSPS) is 19.6. The first-order valence-electron chi connectivity index (χ1n) is 3.39. The summed E-state index contributed by atoms with van der Waals surface area (Å²) in [7, 11) is -2.89. The molecular formula is C6H13Cl2NSi2. The van der Waals surface area contributed by atoms with Gasteiger partial charge < -0.3 is 4.65 Å². The highest BCUT2D eigenvalue weighted by Crippen LogP contribution is 2.05. The second kappa shape index (κ2) is 5.16. The second-order valence-corrected chi connectivity index (χ2v) is 10.8. The summed E-state index contributed by atoms with van der Waals surface area (Å²) in [5.41, 5.74) is 5.35. The third-order valence-corrected chi connectivity index (χ3v) is 8.70. The molecule has 0 bridgehead atoms. The van der Waals surface area contributed by atoms with Crippen molar-refractivity contribution in [2.24, 2.45) is 0 Å². The third-order valence-electron chi connectivity index (χ3n) is 1.25. The van der Waals surface area contributed by atoms with Crippen LogP contribution in [0.25, 0.3) is 0 Å². The third kappa shape index (κ3) is 5.69. The molecule has 0 fully saturated rings. The molecule has 0 aliphatic heterocycles. The molecule has 0 saturated heterocycles. The molecule has 0 aromatic rings. The van der Waals surface area contributed by atoms with Crippen LogP contribution in [0.2, 0.25) is 13.1 Å². The van der Waals surface area contributed by atoms with Crippen LogP contribution in [0.4, 0.5) is 0 Å². The van der Waals surface area contributed by atoms with Crippen LogP contribution in [0, 0.1) is 0 Å². The minimum atomic E-state index is -1.84. The first-order chi connectivity index (χ1) is 5.02. The Morgan fingerprint density at radius 3 is 2.55 bits per heavy atom. The van der Waals surface area contributed by atoms with E-state index in [0.29, 0.717) is 0 Å². The lowest BCUT2D eigenvalue weighted by Gasteiger charge is -2.18. The van der Waals surface area contributed by atoms with Crippen molar-refractivity contribution in [3.05, 3.63) is 23.5 Å². The van der Waals surface area contributed by atoms with E-state index in [0.717, 1.165) is 0 Å². The molecule has 5 heteroatoms. The fourth-order valence-electron chi connectivity index (χ4n) is 0.661. The van der Waals surface area contributed by atoms with Crippen LogP contribution < -0.4 is 4.65 Å². The van der Waals surface area contributed by atoms with Crippen LogP contribution in [0.3, 0.4) is 0 Å². The Kier molecular flexibility index (Phi) is 5.37. The monoisotopic (exact) mass is 225 g/mol. The quantitative estimate of drug-likeness (QED) is 0.572. The van der Waals surface area contributed by atoms with Crippen molar-refractivity contribution in [2.75, 3.05) is 0 Å². The molecule has 0 aliphatic carbocycles. The van der Waals surface area contributed by atoms with Gasteiger partial charge in [-0.3, -0.25) is 0 Å². The van der Waals surface area contributed by atoms with Gasteiger partial charge in [0.1, 0.15) is 8.96 Å². The Morgan fingerprint density at radius 1 is 1.64 bits per heavy atom. The van der Waals surface area contributed by atoms with Gasteiger partial charge in [0.2, 0.25) is 7.55 Å². The summed E-state index contributed by atoms with van der Waals surface area (Å²) in [5.74, 6) is 0. The molecule has 0 saturated carbocycles. The molecule has 0 aromatic heterocycles. The van der Waals surface area contributed by atoms with Crippen molar-refractivity contribution in [1.82, 2.24) is 4.65 Å². The summed E-state index contributed by atoms with van der Waals surface area (Å²) >= 11 is 11.5. The van der Waals surface area contributed by atoms with Gasteiger partial charge in [0.05, 0.1) is 0 Å². The van der Waals surface area contributed by atoms with E-state index in [1.807, 2.05) is 17.9 Å². The van der Waals surface area contributed by atoms with Crippen molar-refractivity contribution in [1.29, 1.82) is 0 Å². The van der Waals surface area contributed by atoms with Crippen LogP contribution in [-0.4, -0.2) is 16.5 Å². The Labute approximate surface area is 80.6 Å². The van der Waals surface area contributed by atoms with Crippen molar-refractivity contribution in [2.45, 2.75) is 13.1 Å². The van der Waals surface area contributed by atoms with Crippen LogP contribution in [0.15, 0.2) is 23.5 Å². The molecule has 0 aromatic carbocycles. The van der Waals surface area contributed by atoms with Gasteiger partial charge >= 0.3 is 0 Å². The average molecular weight is 226 g/mol. The Bertz CT molecular complexity index is 159. The van der Waals surface area contributed by atoms with Gasteiger partial charge in [-0.05, 0) is 12.1 Å². The standard InChI is InChI=1S/C6H13Cl2NSi2/c1-4-11(3,8)9-10(2)6-5-7/h4-6,9-10H,1H2,2-3H3. The van der Waals surface area contributed by atoms with E-state index in [9.17, 15) is 0 Å². The highest BCUT2D eigenvalue weighted by atomic mass is 35.6. The molecule has 0 heterocycles. The molecule has 11 heavy (non-hydrogen) atoms. The van der Waals surface area contributed by atoms with Gasteiger partial charge in [-0.25, -0.2) is 0 Å². The van der Waals surface area contributed by atoms with Crippen molar-refractivity contribution in [3.63, 3.8) is 0 Å². The van der Waals surface area contributed by atoms with E-state index in [1.54, 1.807) is 5.54 Å². The number of rotatable bonds is 4. The lowest BCUT2D eigenvalue weighted by atomic mass is 11.3. The smallest absolute Gasteiger partial charge is 0.240 e. The topological polar surface area (TPSA) is 12.0 Å². The van der Waals surface area contributed by atoms with Crippen LogP contribution in [0.5, 0.6) is 0 Å². The fraction of sp³-hybridized carbons (Fsp3) is 0.333. The lowest BCUT2D eigenvalue weighted by Crippen LogP contribution is -2.47. The van der Waals surface area contributed by atoms with E-state index in [1.165, 1.54) is 0 Å². The maximum atomic E-state index is 6.12. The van der Waals surface area contributed by atoms with Gasteiger partial charge in [-0.1, -0.05) is 29.5 Å². The second-order valence-electron chi connectivity index (χ2n) is 2.53. The minimum Gasteiger partial charge on any atom is -0.344 e. The molecule has 1 N–H and O–H groups in total. The largest absolute Gasteiger partial charge is 0.344 e. The average Bonchev–Trinajstić information content (AvgIpc) is 1.87. The van der Waals surface area contributed by atoms with Gasteiger partial charge in [0, 0.05) is 0 Å². The maximum Gasteiger partial charge on any atom is 0.240 e. The molecule has 64 valence electrons. The van der Waals surface area contributed by atoms with E-state index in [-0.39, 0.29) is 0 Å². The molecule has 0 radical (unpaired) electrons. The maximum absolute atomic E-state index is 6.12. The van der Waals surface area contributed by atoms with Crippen molar-refractivity contribution >= 4 is 39.2 Å². The van der Waals surface area contributed by atoms with Crippen molar-refractivity contribution in [3.8, 4) is 0 Å². The molecule has 1 nitrogen and oxygen atoms in total. The van der Waals surface area contributed by atoms with Gasteiger partial charge in [0.15, 0.2) is 0 Å². The lowest BCUT2D eigenvalue weighted by molar-refractivity contribution is 1.46. The highest BCUT2D eigenvalue weighted by molar-refractivity contribution is 7.23. The van der Waals surface area contributed by atoms with Crippen LogP contribution in [0.1, 0.15) is 0 Å². The number of nitrogens with one attached hydrogen (secondary N) is 1. The zero-order valence-corrected chi connectivity index (χ0v) is 10.4. The summed E-state index contributed by atoms with van der Waals surface area (Å²) < 4.78 is 3.36. The molecule has 2 unspecified atom stereocenters. The zero-order chi connectivity index (χ0) is 8.91. The Balaban J connectivity index is 3.92. The first-order valence-corrected chi connectivity index (χ1v) is 9.81. The van der Waals surface area contributed by atoms with Gasteiger partial charge in [-0.2, -0.15) is 0 Å². The number of halogens is 2. The van der Waals surface area contributed by atoms with Crippen LogP contribution >= 0.6 is 22.7 Å². The van der Waals surface area contributed by atoms with E-state index in [2.05, 4.69) is 17.8 Å². The predicted octanol–water partition coefficient (Wildman–Crippen LogP) is 2.26. The minimum absolute atomic E-state index is 1.05. The molecule has 2 atom stereocenters. The van der Waals surface area contributed by atoms with Gasteiger partial charge in [0.25, 0.3) is 0 Å². The zero-order valence-electron chi connectivity index (χ0n) is 6.77. The number of hydrogen-bond acceptors (Lipinski definition) is 1. The molecule has 0 spiro atoms. The highest BCUT2D eigenvalue weighted by Gasteiger charge is 2.21. The van der Waals surface area contributed by atoms with Crippen LogP contribution in [-0.2, 0) is 0 Å². The SMILES string of the molecule is C=C[Si](C)(Cl)N[SiH](C)C=CCl. The van der Waals surface area contributed by atoms with Gasteiger partial charge in [-0.15, -0.1) is 17.7 Å². The summed E-state index contributed by atoms with van der Waals surface area (Å²) in [4.78, 5) is 0. The van der Waals surface area contributed by atoms with E-state index < -0.39 is 16.5 Å². The van der Waals surface area contributed by atoms with E-state index in [4.69, 9.17) is 22.7 Å². The molecular weight excluding hydrogens is 213 g/mol. The predicted molar refractivity (Wildman–Crippen MR) is 58.8 cm³/mol. The molecule has 0 amide bonds. The Hall–Kier alpha value is 0.454. The summed E-state index contributed by atoms with van der Waals surface area (Å²) in [6, 6.07) is 0. The number of hydrogen-bond donors (Lipinski definition) is 1. The summed E-state index contributed by atoms with van der Waals surface area (Å²) in [6.07, 6.45) is 0. The Morgan fingerprint density at radius 2 is 2.18 bits per heavy atom. The summed E-state index contributed by atoms with van der Waals surface area (Å²) in [5, 5.41) is 0. The van der Waals surface area contributed by atoms with E-state index >= 15 is 0 Å². The fourth-order valence-corrected chi connectivity index (χ4v) is 7.50. The van der Waals surface area contributed by atoms with Crippen molar-refractivity contribution < 1.29 is 0 Å². The molecule has 0 aliphatic rings. The first kappa shape index (κ1) is 11.5. The summed E-state index contributed by atoms with van der Waals surface area (Å²) in [6.45, 7) is 7.82. The molecule has 0 rings (SSSR count).